The second-order valence-corrected chi connectivity index (χ2v) is 6.04. The van der Waals surface area contributed by atoms with Gasteiger partial charge in [-0.25, -0.2) is 4.39 Å². The molecule has 1 aliphatic heterocycles. The molecule has 0 spiro atoms. The zero-order chi connectivity index (χ0) is 17.5. The zero-order valence-electron chi connectivity index (χ0n) is 13.9. The van der Waals surface area contributed by atoms with Crippen LogP contribution in [0.4, 0.5) is 10.1 Å². The standard InChI is InChI=1S/C17H24FN3O3/c1-19(9-7-17(23)24)8-6-16(22)21-12-10-20(11-13-21)15-4-2-14(18)3-5-15/h2-5H,6-13H2,1H3,(H,23,24). The molecule has 24 heavy (non-hydrogen) atoms. The average molecular weight is 337 g/mol. The Morgan fingerprint density at radius 1 is 1.08 bits per heavy atom. The van der Waals surface area contributed by atoms with Gasteiger partial charge in [-0.3, -0.25) is 9.59 Å². The Balaban J connectivity index is 1.72. The van der Waals surface area contributed by atoms with Crippen LogP contribution in [0.2, 0.25) is 0 Å². The minimum Gasteiger partial charge on any atom is -0.481 e. The number of nitrogens with zero attached hydrogens (tertiary/aromatic N) is 3. The Labute approximate surface area is 141 Å². The molecule has 0 unspecified atom stereocenters. The summed E-state index contributed by atoms with van der Waals surface area (Å²) in [6.45, 7) is 3.76. The fourth-order valence-electron chi connectivity index (χ4n) is 2.71. The highest BCUT2D eigenvalue weighted by atomic mass is 19.1. The van der Waals surface area contributed by atoms with E-state index in [-0.39, 0.29) is 18.1 Å². The summed E-state index contributed by atoms with van der Waals surface area (Å²) < 4.78 is 13.0. The van der Waals surface area contributed by atoms with Gasteiger partial charge < -0.3 is 19.8 Å². The van der Waals surface area contributed by atoms with Crippen LogP contribution >= 0.6 is 0 Å². The van der Waals surface area contributed by atoms with Gasteiger partial charge in [-0.1, -0.05) is 0 Å². The van der Waals surface area contributed by atoms with E-state index in [4.69, 9.17) is 5.11 Å². The van der Waals surface area contributed by atoms with Gasteiger partial charge in [0.2, 0.25) is 5.91 Å². The maximum absolute atomic E-state index is 13.0. The molecule has 0 saturated carbocycles. The van der Waals surface area contributed by atoms with E-state index >= 15 is 0 Å². The summed E-state index contributed by atoms with van der Waals surface area (Å²) in [5.41, 5.74) is 0.969. The number of carboxylic acids is 1. The normalized spacial score (nSPS) is 15.0. The first-order valence-corrected chi connectivity index (χ1v) is 8.14. The summed E-state index contributed by atoms with van der Waals surface area (Å²) in [6, 6.07) is 6.40. The first-order valence-electron chi connectivity index (χ1n) is 8.14. The van der Waals surface area contributed by atoms with Gasteiger partial charge in [-0.15, -0.1) is 0 Å². The molecular formula is C17H24FN3O3. The van der Waals surface area contributed by atoms with Crippen molar-refractivity contribution < 1.29 is 19.1 Å². The first kappa shape index (κ1) is 18.2. The second-order valence-electron chi connectivity index (χ2n) is 6.04. The van der Waals surface area contributed by atoms with Crippen LogP contribution in [0.1, 0.15) is 12.8 Å². The SMILES string of the molecule is CN(CCC(=O)O)CCC(=O)N1CCN(c2ccc(F)cc2)CC1. The smallest absolute Gasteiger partial charge is 0.304 e. The molecule has 2 rings (SSSR count). The van der Waals surface area contributed by atoms with E-state index in [0.29, 0.717) is 32.6 Å². The highest BCUT2D eigenvalue weighted by molar-refractivity contribution is 5.76. The molecule has 0 radical (unpaired) electrons. The van der Waals surface area contributed by atoms with Crippen LogP contribution in [0.5, 0.6) is 0 Å². The van der Waals surface area contributed by atoms with Crippen molar-refractivity contribution in [2.75, 3.05) is 51.2 Å². The van der Waals surface area contributed by atoms with E-state index in [1.165, 1.54) is 12.1 Å². The van der Waals surface area contributed by atoms with Gasteiger partial charge in [0.05, 0.1) is 6.42 Å². The van der Waals surface area contributed by atoms with Gasteiger partial charge in [0.25, 0.3) is 0 Å². The molecule has 6 nitrogen and oxygen atoms in total. The van der Waals surface area contributed by atoms with Crippen molar-refractivity contribution in [2.45, 2.75) is 12.8 Å². The van der Waals surface area contributed by atoms with Gasteiger partial charge in [-0.05, 0) is 31.3 Å². The molecule has 1 fully saturated rings. The van der Waals surface area contributed by atoms with Crippen molar-refractivity contribution in [3.63, 3.8) is 0 Å². The van der Waals surface area contributed by atoms with E-state index in [0.717, 1.165) is 18.8 Å². The molecule has 1 aliphatic rings. The monoisotopic (exact) mass is 337 g/mol. The average Bonchev–Trinajstić information content (AvgIpc) is 2.58. The van der Waals surface area contributed by atoms with Gasteiger partial charge >= 0.3 is 5.97 Å². The van der Waals surface area contributed by atoms with Crippen molar-refractivity contribution in [1.82, 2.24) is 9.80 Å². The Kier molecular flexibility index (Phi) is 6.54. The molecule has 1 aromatic rings. The lowest BCUT2D eigenvalue weighted by Crippen LogP contribution is -2.49. The number of carboxylic acid groups (broad SMARTS) is 1. The van der Waals surface area contributed by atoms with E-state index in [9.17, 15) is 14.0 Å². The van der Waals surface area contributed by atoms with Crippen molar-refractivity contribution >= 4 is 17.6 Å². The number of carbonyl (C=O) groups is 2. The van der Waals surface area contributed by atoms with Crippen LogP contribution in [0.15, 0.2) is 24.3 Å². The minimum absolute atomic E-state index is 0.0844. The predicted molar refractivity (Wildman–Crippen MR) is 89.6 cm³/mol. The van der Waals surface area contributed by atoms with E-state index < -0.39 is 5.97 Å². The Morgan fingerprint density at radius 2 is 1.67 bits per heavy atom. The van der Waals surface area contributed by atoms with Crippen LogP contribution in [0.3, 0.4) is 0 Å². The van der Waals surface area contributed by atoms with Crippen LogP contribution in [0.25, 0.3) is 0 Å². The number of benzene rings is 1. The second kappa shape index (κ2) is 8.63. The van der Waals surface area contributed by atoms with E-state index in [1.54, 1.807) is 12.1 Å². The Hall–Kier alpha value is -2.15. The van der Waals surface area contributed by atoms with E-state index in [1.807, 2.05) is 16.8 Å². The minimum atomic E-state index is -0.829. The van der Waals surface area contributed by atoms with Gasteiger partial charge in [0, 0.05) is 51.4 Å². The zero-order valence-corrected chi connectivity index (χ0v) is 13.9. The molecule has 1 N–H and O–H groups in total. The number of anilines is 1. The molecule has 0 aliphatic carbocycles. The van der Waals surface area contributed by atoms with Crippen molar-refractivity contribution in [2.24, 2.45) is 0 Å². The summed E-state index contributed by atoms with van der Waals surface area (Å²) in [4.78, 5) is 28.6. The summed E-state index contributed by atoms with van der Waals surface area (Å²) in [7, 11) is 1.82. The number of amides is 1. The summed E-state index contributed by atoms with van der Waals surface area (Å²) in [6.07, 6.45) is 0.480. The molecule has 0 atom stereocenters. The van der Waals surface area contributed by atoms with Crippen LogP contribution in [-0.4, -0.2) is 73.1 Å². The maximum Gasteiger partial charge on any atom is 0.304 e. The summed E-state index contributed by atoms with van der Waals surface area (Å²) >= 11 is 0. The largest absolute Gasteiger partial charge is 0.481 e. The lowest BCUT2D eigenvalue weighted by Gasteiger charge is -2.36. The first-order chi connectivity index (χ1) is 11.5. The molecule has 0 aromatic heterocycles. The molecule has 7 heteroatoms. The quantitative estimate of drug-likeness (QED) is 0.812. The lowest BCUT2D eigenvalue weighted by atomic mass is 10.2. The molecule has 1 saturated heterocycles. The van der Waals surface area contributed by atoms with E-state index in [2.05, 4.69) is 4.90 Å². The predicted octanol–water partition coefficient (Wildman–Crippen LogP) is 1.27. The summed E-state index contributed by atoms with van der Waals surface area (Å²) in [5, 5.41) is 8.65. The van der Waals surface area contributed by atoms with Crippen molar-refractivity contribution in [1.29, 1.82) is 0 Å². The van der Waals surface area contributed by atoms with Crippen LogP contribution in [0, 0.1) is 5.82 Å². The molecule has 1 heterocycles. The molecule has 0 bridgehead atoms. The molecule has 1 amide bonds. The number of carbonyl (C=O) groups excluding carboxylic acids is 1. The molecule has 132 valence electrons. The third-order valence-corrected chi connectivity index (χ3v) is 4.24. The molecular weight excluding hydrogens is 313 g/mol. The van der Waals surface area contributed by atoms with Gasteiger partial charge in [-0.2, -0.15) is 0 Å². The number of hydrogen-bond acceptors (Lipinski definition) is 4. The lowest BCUT2D eigenvalue weighted by molar-refractivity contribution is -0.137. The third kappa shape index (κ3) is 5.49. The number of aliphatic carboxylic acids is 1. The fourth-order valence-corrected chi connectivity index (χ4v) is 2.71. The highest BCUT2D eigenvalue weighted by Gasteiger charge is 2.21. The van der Waals surface area contributed by atoms with Crippen LogP contribution in [-0.2, 0) is 9.59 Å². The Bertz CT molecular complexity index is 557. The number of piperazine rings is 1. The van der Waals surface area contributed by atoms with Gasteiger partial charge in [0.1, 0.15) is 5.82 Å². The topological polar surface area (TPSA) is 64.1 Å². The van der Waals surface area contributed by atoms with Crippen LogP contribution < -0.4 is 4.90 Å². The van der Waals surface area contributed by atoms with Gasteiger partial charge in [0.15, 0.2) is 0 Å². The molecule has 1 aromatic carbocycles. The fraction of sp³-hybridized carbons (Fsp3) is 0.529. The Morgan fingerprint density at radius 3 is 2.25 bits per heavy atom. The number of rotatable bonds is 7. The number of hydrogen-bond donors (Lipinski definition) is 1. The number of halogens is 1. The van der Waals surface area contributed by atoms with Crippen molar-refractivity contribution in [3.05, 3.63) is 30.1 Å². The third-order valence-electron chi connectivity index (χ3n) is 4.24. The maximum atomic E-state index is 13.0. The highest BCUT2D eigenvalue weighted by Crippen LogP contribution is 2.17. The summed E-state index contributed by atoms with van der Waals surface area (Å²) in [5.74, 6) is -0.986. The van der Waals surface area contributed by atoms with Crippen molar-refractivity contribution in [3.8, 4) is 0 Å².